The number of rotatable bonds is 2. The number of hydrogen-bond acceptors (Lipinski definition) is 4. The van der Waals surface area contributed by atoms with Crippen molar-refractivity contribution in [2.75, 3.05) is 24.9 Å². The second-order valence-electron chi connectivity index (χ2n) is 3.67. The van der Waals surface area contributed by atoms with E-state index in [1.54, 1.807) is 11.8 Å². The second-order valence-corrected chi connectivity index (χ2v) is 5.91. The predicted molar refractivity (Wildman–Crippen MR) is 78.9 cm³/mol. The van der Waals surface area contributed by atoms with Gasteiger partial charge in [0.05, 0.1) is 10.4 Å². The summed E-state index contributed by atoms with van der Waals surface area (Å²) >= 11 is 4.14. The third-order valence-corrected chi connectivity index (χ3v) is 4.79. The van der Waals surface area contributed by atoms with E-state index in [0.717, 1.165) is 17.3 Å². The lowest BCUT2D eigenvalue weighted by Crippen LogP contribution is -2.26. The summed E-state index contributed by atoms with van der Waals surface area (Å²) in [5.41, 5.74) is 1.17. The van der Waals surface area contributed by atoms with Crippen LogP contribution in [0.3, 0.4) is 0 Å². The molecule has 0 radical (unpaired) electrons. The van der Waals surface area contributed by atoms with Crippen molar-refractivity contribution in [3.05, 3.63) is 12.0 Å². The maximum absolute atomic E-state index is 4.56. The number of aromatic nitrogens is 2. The molecule has 0 aliphatic carbocycles. The lowest BCUT2D eigenvalue weighted by Gasteiger charge is -2.23. The molecule has 0 aromatic carbocycles. The molecule has 1 aromatic heterocycles. The highest BCUT2D eigenvalue weighted by Crippen LogP contribution is 2.31. The Bertz CT molecular complexity index is 415. The Morgan fingerprint density at radius 1 is 1.62 bits per heavy atom. The minimum Gasteiger partial charge on any atom is -0.338 e. The van der Waals surface area contributed by atoms with E-state index >= 15 is 0 Å². The molecule has 1 aliphatic heterocycles. The summed E-state index contributed by atoms with van der Waals surface area (Å²) in [7, 11) is 2.03. The lowest BCUT2D eigenvalue weighted by molar-refractivity contribution is 0.679. The lowest BCUT2D eigenvalue weighted by atomic mass is 10.3. The van der Waals surface area contributed by atoms with E-state index in [9.17, 15) is 0 Å². The van der Waals surface area contributed by atoms with E-state index in [4.69, 9.17) is 0 Å². The van der Waals surface area contributed by atoms with Crippen LogP contribution in [0.25, 0.3) is 0 Å². The quantitative estimate of drug-likeness (QED) is 0.608. The van der Waals surface area contributed by atoms with Crippen LogP contribution in [0.2, 0.25) is 0 Å². The third kappa shape index (κ3) is 1.97. The minimum absolute atomic E-state index is 0.442. The average molecular weight is 350 g/mol. The topological polar surface area (TPSA) is 33.4 Å². The zero-order valence-corrected chi connectivity index (χ0v) is 12.6. The van der Waals surface area contributed by atoms with E-state index < -0.39 is 0 Å². The van der Waals surface area contributed by atoms with Crippen LogP contribution in [0, 0.1) is 0 Å². The van der Waals surface area contributed by atoms with Crippen molar-refractivity contribution in [3.8, 4) is 0 Å². The molecule has 0 fully saturated rings. The van der Waals surface area contributed by atoms with Gasteiger partial charge < -0.3 is 9.47 Å². The molecular formula is C10H15IN4S. The summed E-state index contributed by atoms with van der Waals surface area (Å²) in [6, 6.07) is 0. The highest BCUT2D eigenvalue weighted by Gasteiger charge is 2.24. The van der Waals surface area contributed by atoms with Gasteiger partial charge in [-0.05, 0) is 12.7 Å². The van der Waals surface area contributed by atoms with Gasteiger partial charge in [0.1, 0.15) is 17.4 Å². The van der Waals surface area contributed by atoms with Gasteiger partial charge in [0, 0.05) is 7.05 Å². The molecular weight excluding hydrogens is 335 g/mol. The Morgan fingerprint density at radius 3 is 3.00 bits per heavy atom. The third-order valence-electron chi connectivity index (χ3n) is 2.60. The van der Waals surface area contributed by atoms with Gasteiger partial charge in [0.25, 0.3) is 0 Å². The van der Waals surface area contributed by atoms with Gasteiger partial charge >= 0.3 is 0 Å². The van der Waals surface area contributed by atoms with Gasteiger partial charge in [-0.15, -0.1) is 11.8 Å². The van der Waals surface area contributed by atoms with Gasteiger partial charge in [-0.25, -0.2) is 4.98 Å². The van der Waals surface area contributed by atoms with Crippen molar-refractivity contribution < 1.29 is 0 Å². The number of anilines is 1. The first-order chi connectivity index (χ1) is 7.69. The molecule has 0 bridgehead atoms. The SMILES string of the molecule is CCC(I)n1cnc2c1C(SC)=NCN2C. The molecule has 88 valence electrons. The largest absolute Gasteiger partial charge is 0.338 e. The Hall–Kier alpha value is -0.240. The van der Waals surface area contributed by atoms with Gasteiger partial charge in [-0.2, -0.15) is 0 Å². The molecule has 1 atom stereocenters. The van der Waals surface area contributed by atoms with Crippen molar-refractivity contribution in [2.24, 2.45) is 4.99 Å². The van der Waals surface area contributed by atoms with Crippen molar-refractivity contribution in [3.63, 3.8) is 0 Å². The van der Waals surface area contributed by atoms with E-state index in [2.05, 4.69) is 55.2 Å². The number of alkyl halides is 1. The molecule has 0 saturated heterocycles. The first-order valence-corrected chi connectivity index (χ1v) is 7.67. The van der Waals surface area contributed by atoms with Crippen molar-refractivity contribution in [1.29, 1.82) is 0 Å². The Kier molecular flexibility index (Phi) is 3.78. The van der Waals surface area contributed by atoms with Crippen LogP contribution in [0.15, 0.2) is 11.3 Å². The first kappa shape index (κ1) is 12.2. The standard InChI is InChI=1S/C10H15IN4S/c1-4-7(11)15-6-12-9-8(15)10(16-3)13-5-14(9)2/h6-7H,4-5H2,1-3H3. The maximum Gasteiger partial charge on any atom is 0.158 e. The molecule has 4 nitrogen and oxygen atoms in total. The van der Waals surface area contributed by atoms with Gasteiger partial charge in [0.15, 0.2) is 5.82 Å². The Balaban J connectivity index is 2.49. The zero-order valence-electron chi connectivity index (χ0n) is 9.64. The molecule has 0 spiro atoms. The number of imidazole rings is 1. The van der Waals surface area contributed by atoms with Crippen molar-refractivity contribution >= 4 is 45.2 Å². The second kappa shape index (κ2) is 4.95. The highest BCUT2D eigenvalue weighted by molar-refractivity contribution is 14.1. The van der Waals surface area contributed by atoms with Crippen LogP contribution in [-0.2, 0) is 0 Å². The molecule has 16 heavy (non-hydrogen) atoms. The summed E-state index contributed by atoms with van der Waals surface area (Å²) in [5.74, 6) is 1.05. The van der Waals surface area contributed by atoms with Crippen LogP contribution < -0.4 is 4.90 Å². The molecule has 2 heterocycles. The van der Waals surface area contributed by atoms with E-state index in [1.165, 1.54) is 5.69 Å². The molecule has 0 amide bonds. The highest BCUT2D eigenvalue weighted by atomic mass is 127. The number of nitrogens with zero attached hydrogens (tertiary/aromatic N) is 4. The zero-order chi connectivity index (χ0) is 11.7. The fraction of sp³-hybridized carbons (Fsp3) is 0.600. The van der Waals surface area contributed by atoms with E-state index in [0.29, 0.717) is 10.7 Å². The summed E-state index contributed by atoms with van der Waals surface area (Å²) < 4.78 is 2.67. The molecule has 1 aliphatic rings. The number of aliphatic imine (C=N–C) groups is 1. The van der Waals surface area contributed by atoms with E-state index in [1.807, 2.05) is 13.4 Å². The summed E-state index contributed by atoms with van der Waals surface area (Å²) in [4.78, 5) is 11.1. The van der Waals surface area contributed by atoms with Gasteiger partial charge in [-0.3, -0.25) is 4.99 Å². The van der Waals surface area contributed by atoms with Gasteiger partial charge in [-0.1, -0.05) is 29.5 Å². The smallest absolute Gasteiger partial charge is 0.158 e. The van der Waals surface area contributed by atoms with E-state index in [-0.39, 0.29) is 0 Å². The van der Waals surface area contributed by atoms with Gasteiger partial charge in [0.2, 0.25) is 0 Å². The fourth-order valence-electron chi connectivity index (χ4n) is 1.72. The average Bonchev–Trinajstić information content (AvgIpc) is 2.74. The van der Waals surface area contributed by atoms with Crippen LogP contribution in [0.1, 0.15) is 23.1 Å². The normalized spacial score (nSPS) is 17.0. The van der Waals surface area contributed by atoms with Crippen molar-refractivity contribution in [2.45, 2.75) is 17.4 Å². The van der Waals surface area contributed by atoms with Crippen molar-refractivity contribution in [1.82, 2.24) is 9.55 Å². The number of hydrogen-bond donors (Lipinski definition) is 0. The Labute approximate surface area is 114 Å². The Morgan fingerprint density at radius 2 is 2.38 bits per heavy atom. The number of fused-ring (bicyclic) bond motifs is 1. The summed E-state index contributed by atoms with van der Waals surface area (Å²) in [5, 5.41) is 1.10. The molecule has 2 rings (SSSR count). The monoisotopic (exact) mass is 350 g/mol. The number of halogens is 1. The number of thioether (sulfide) groups is 1. The first-order valence-electron chi connectivity index (χ1n) is 5.19. The minimum atomic E-state index is 0.442. The molecule has 1 aromatic rings. The fourth-order valence-corrected chi connectivity index (χ4v) is 2.72. The molecule has 0 saturated carbocycles. The van der Waals surface area contributed by atoms with Crippen LogP contribution in [-0.4, -0.2) is 34.6 Å². The summed E-state index contributed by atoms with van der Waals surface area (Å²) in [6.45, 7) is 2.89. The molecule has 0 N–H and O–H groups in total. The van der Waals surface area contributed by atoms with Crippen LogP contribution >= 0.6 is 34.4 Å². The molecule has 6 heteroatoms. The summed E-state index contributed by atoms with van der Waals surface area (Å²) in [6.07, 6.45) is 5.09. The predicted octanol–water partition coefficient (Wildman–Crippen LogP) is 2.74. The maximum atomic E-state index is 4.56. The van der Waals surface area contributed by atoms with Crippen LogP contribution in [0.4, 0.5) is 5.82 Å². The van der Waals surface area contributed by atoms with Crippen LogP contribution in [0.5, 0.6) is 0 Å². The molecule has 1 unspecified atom stereocenters.